The van der Waals surface area contributed by atoms with Crippen LogP contribution in [0.5, 0.6) is 0 Å². The number of hydrogen-bond donors (Lipinski definition) is 0. The minimum atomic E-state index is -3.55. The topological polar surface area (TPSA) is 0 Å². The lowest BCUT2D eigenvalue weighted by Crippen LogP contribution is -2.04. The molecule has 0 aromatic carbocycles. The summed E-state index contributed by atoms with van der Waals surface area (Å²) in [6, 6.07) is 0. The number of allylic oxidation sites excluding steroid dienone is 1. The Kier molecular flexibility index (Phi) is 3.65. The van der Waals surface area contributed by atoms with Crippen LogP contribution < -0.4 is 0 Å². The molecule has 0 atom stereocenters. The molecule has 0 aliphatic heterocycles. The summed E-state index contributed by atoms with van der Waals surface area (Å²) < 4.78 is 35.4. The van der Waals surface area contributed by atoms with Crippen LogP contribution in [0.25, 0.3) is 0 Å². The Bertz CT molecular complexity index is 117. The second kappa shape index (κ2) is 3.51. The largest absolute Gasteiger partial charge is 0.351 e. The first-order valence-electron chi connectivity index (χ1n) is 1.99. The molecule has 0 unspecified atom stereocenters. The maximum atomic E-state index is 11.9. The zero-order valence-corrected chi connectivity index (χ0v) is 6.61. The van der Waals surface area contributed by atoms with Crippen LogP contribution in [-0.4, -0.2) is 10.6 Å². The van der Waals surface area contributed by atoms with Crippen molar-refractivity contribution >= 4 is 28.6 Å². The summed E-state index contributed by atoms with van der Waals surface area (Å²) >= 11 is 6.05. The summed E-state index contributed by atoms with van der Waals surface area (Å²) in [4.78, 5) is -3.55. The minimum Gasteiger partial charge on any atom is -0.204 e. The van der Waals surface area contributed by atoms with Gasteiger partial charge in [0.2, 0.25) is 0 Å². The lowest BCUT2D eigenvalue weighted by atomic mass is 10.5. The Hall–Kier alpha value is 0.360. The molecule has 0 nitrogen and oxygen atoms in total. The average Bonchev–Trinajstić information content (AvgIpc) is 1.64. The van der Waals surface area contributed by atoms with Gasteiger partial charge in [-0.2, -0.15) is 8.78 Å². The average molecular weight is 220 g/mol. The third kappa shape index (κ3) is 3.86. The molecule has 0 fully saturated rings. The van der Waals surface area contributed by atoms with E-state index in [0.29, 0.717) is 6.08 Å². The molecule has 0 N–H and O–H groups in total. The SMILES string of the molecule is F/C(=C\C[S])C(F)(F)Br. The molecule has 53 valence electrons. The lowest BCUT2D eigenvalue weighted by molar-refractivity contribution is 0.127. The molecule has 0 aliphatic carbocycles. The second-order valence-corrected chi connectivity index (χ2v) is 2.55. The van der Waals surface area contributed by atoms with Crippen molar-refractivity contribution in [2.75, 3.05) is 5.75 Å². The van der Waals surface area contributed by atoms with E-state index in [9.17, 15) is 13.2 Å². The number of halogens is 4. The van der Waals surface area contributed by atoms with E-state index in [2.05, 4.69) is 12.6 Å². The second-order valence-electron chi connectivity index (χ2n) is 1.22. The fourth-order valence-corrected chi connectivity index (χ4v) is 0.497. The van der Waals surface area contributed by atoms with Gasteiger partial charge in [0.15, 0.2) is 5.83 Å². The van der Waals surface area contributed by atoms with Crippen molar-refractivity contribution in [1.29, 1.82) is 0 Å². The number of hydrogen-bond acceptors (Lipinski definition) is 0. The van der Waals surface area contributed by atoms with E-state index in [4.69, 9.17) is 0 Å². The summed E-state index contributed by atoms with van der Waals surface area (Å²) in [5.74, 6) is -1.68. The number of rotatable bonds is 2. The van der Waals surface area contributed by atoms with E-state index in [-0.39, 0.29) is 5.75 Å². The first-order valence-corrected chi connectivity index (χ1v) is 3.36. The number of alkyl halides is 3. The van der Waals surface area contributed by atoms with Crippen LogP contribution in [0, 0.1) is 0 Å². The fraction of sp³-hybridized carbons (Fsp3) is 0.500. The van der Waals surface area contributed by atoms with E-state index in [1.54, 1.807) is 0 Å². The molecule has 0 amide bonds. The highest BCUT2D eigenvalue weighted by Crippen LogP contribution is 2.31. The summed E-state index contributed by atoms with van der Waals surface area (Å²) in [5, 5.41) is 0. The first-order chi connectivity index (χ1) is 3.98. The predicted octanol–water partition coefficient (Wildman–Crippen LogP) is 3.03. The molecule has 1 radical (unpaired) electrons. The zero-order chi connectivity index (χ0) is 7.49. The monoisotopic (exact) mass is 219 g/mol. The summed E-state index contributed by atoms with van der Waals surface area (Å²) in [5.41, 5.74) is 0. The molecule has 0 aromatic heterocycles. The van der Waals surface area contributed by atoms with Crippen molar-refractivity contribution in [3.05, 3.63) is 11.9 Å². The molecule has 0 bridgehead atoms. The van der Waals surface area contributed by atoms with E-state index >= 15 is 0 Å². The highest BCUT2D eigenvalue weighted by atomic mass is 79.9. The minimum absolute atomic E-state index is 0.146. The van der Waals surface area contributed by atoms with Crippen molar-refractivity contribution in [3.63, 3.8) is 0 Å². The Balaban J connectivity index is 4.03. The van der Waals surface area contributed by atoms with Crippen LogP contribution in [0.2, 0.25) is 0 Å². The van der Waals surface area contributed by atoms with E-state index in [1.807, 2.05) is 15.9 Å². The van der Waals surface area contributed by atoms with Crippen LogP contribution in [-0.2, 0) is 0 Å². The van der Waals surface area contributed by atoms with Crippen LogP contribution in [0.4, 0.5) is 13.2 Å². The van der Waals surface area contributed by atoms with Crippen LogP contribution in [0.15, 0.2) is 11.9 Å². The van der Waals surface area contributed by atoms with E-state index < -0.39 is 10.7 Å². The van der Waals surface area contributed by atoms with Gasteiger partial charge in [0.25, 0.3) is 0 Å². The van der Waals surface area contributed by atoms with Gasteiger partial charge in [-0.05, 0) is 22.0 Å². The summed E-state index contributed by atoms with van der Waals surface area (Å²) in [6.07, 6.45) is 0.643. The van der Waals surface area contributed by atoms with Gasteiger partial charge in [-0.15, -0.1) is 0 Å². The van der Waals surface area contributed by atoms with Gasteiger partial charge >= 0.3 is 4.83 Å². The molecular formula is C4H3BrF3S. The zero-order valence-electron chi connectivity index (χ0n) is 4.20. The van der Waals surface area contributed by atoms with E-state index in [1.165, 1.54) is 0 Å². The van der Waals surface area contributed by atoms with Crippen molar-refractivity contribution in [1.82, 2.24) is 0 Å². The molecule has 0 rings (SSSR count). The van der Waals surface area contributed by atoms with Gasteiger partial charge in [0.1, 0.15) is 0 Å². The molecule has 5 heteroatoms. The predicted molar refractivity (Wildman–Crippen MR) is 35.5 cm³/mol. The maximum Gasteiger partial charge on any atom is 0.351 e. The van der Waals surface area contributed by atoms with Crippen molar-refractivity contribution in [2.24, 2.45) is 0 Å². The van der Waals surface area contributed by atoms with Crippen LogP contribution in [0.1, 0.15) is 0 Å². The Labute approximate surface area is 64.7 Å². The Morgan fingerprint density at radius 2 is 2.11 bits per heavy atom. The Morgan fingerprint density at radius 1 is 1.67 bits per heavy atom. The van der Waals surface area contributed by atoms with E-state index in [0.717, 1.165) is 0 Å². The van der Waals surface area contributed by atoms with Crippen molar-refractivity contribution in [3.8, 4) is 0 Å². The lowest BCUT2D eigenvalue weighted by Gasteiger charge is -2.02. The summed E-state index contributed by atoms with van der Waals surface area (Å²) in [7, 11) is 0. The van der Waals surface area contributed by atoms with Crippen molar-refractivity contribution in [2.45, 2.75) is 4.83 Å². The molecule has 0 aromatic rings. The smallest absolute Gasteiger partial charge is 0.204 e. The van der Waals surface area contributed by atoms with Gasteiger partial charge in [-0.3, -0.25) is 0 Å². The van der Waals surface area contributed by atoms with Crippen molar-refractivity contribution < 1.29 is 13.2 Å². The summed E-state index contributed by atoms with van der Waals surface area (Å²) in [6.45, 7) is 0. The normalized spacial score (nSPS) is 14.1. The highest BCUT2D eigenvalue weighted by Gasteiger charge is 2.30. The first kappa shape index (κ1) is 9.36. The van der Waals surface area contributed by atoms with Gasteiger partial charge in [-0.1, -0.05) is 12.6 Å². The Morgan fingerprint density at radius 3 is 2.22 bits per heavy atom. The van der Waals surface area contributed by atoms with Gasteiger partial charge in [0.05, 0.1) is 0 Å². The third-order valence-corrected chi connectivity index (χ3v) is 1.08. The maximum absolute atomic E-state index is 11.9. The molecular weight excluding hydrogens is 217 g/mol. The van der Waals surface area contributed by atoms with Gasteiger partial charge in [0, 0.05) is 5.75 Å². The van der Waals surface area contributed by atoms with Crippen LogP contribution in [0.3, 0.4) is 0 Å². The molecule has 0 spiro atoms. The fourth-order valence-electron chi connectivity index (χ4n) is 0.189. The molecule has 0 aliphatic rings. The van der Waals surface area contributed by atoms with Crippen LogP contribution >= 0.6 is 28.6 Å². The highest BCUT2D eigenvalue weighted by molar-refractivity contribution is 9.10. The quantitative estimate of drug-likeness (QED) is 0.627. The third-order valence-electron chi connectivity index (χ3n) is 0.533. The molecule has 0 saturated carbocycles. The molecule has 0 heterocycles. The van der Waals surface area contributed by atoms with Gasteiger partial charge in [-0.25, -0.2) is 4.39 Å². The van der Waals surface area contributed by atoms with Gasteiger partial charge < -0.3 is 0 Å². The molecule has 0 saturated heterocycles. The standard InChI is InChI=1S/C4H3BrF3S/c5-4(7,8)3(6)1-2-9/h1H,2H2/b3-1-. The molecule has 9 heavy (non-hydrogen) atoms.